The summed E-state index contributed by atoms with van der Waals surface area (Å²) in [6, 6.07) is 19.4. The minimum absolute atomic E-state index is 0.0350. The fourth-order valence-corrected chi connectivity index (χ4v) is 7.77. The highest BCUT2D eigenvalue weighted by atomic mass is 35.5. The number of carbonyl (C=O) groups is 2. The Bertz CT molecular complexity index is 2130. The van der Waals surface area contributed by atoms with Gasteiger partial charge >= 0.3 is 11.9 Å². The van der Waals surface area contributed by atoms with Crippen LogP contribution in [0.2, 0.25) is 10.0 Å². The van der Waals surface area contributed by atoms with Gasteiger partial charge in [0.2, 0.25) is 0 Å². The number of halogens is 2. The molecule has 0 aromatic heterocycles. The lowest BCUT2D eigenvalue weighted by molar-refractivity contribution is -0.145. The second-order valence-corrected chi connectivity index (χ2v) is 15.9. The molecule has 1 aliphatic carbocycles. The average molecular weight is 854 g/mol. The number of aliphatic hydroxyl groups excluding tert-OH is 2. The number of aliphatic hydroxyl groups is 2. The molecule has 0 heterocycles. The molecule has 14 heteroatoms. The van der Waals surface area contributed by atoms with Crippen LogP contribution in [-0.4, -0.2) is 70.4 Å². The van der Waals surface area contributed by atoms with Gasteiger partial charge in [-0.05, 0) is 116 Å². The Morgan fingerprint density at radius 2 is 1.37 bits per heavy atom. The van der Waals surface area contributed by atoms with Crippen molar-refractivity contribution in [3.05, 3.63) is 110 Å². The summed E-state index contributed by atoms with van der Waals surface area (Å²) in [5.41, 5.74) is 6.04. The third-order valence-corrected chi connectivity index (χ3v) is 11.7. The predicted molar refractivity (Wildman–Crippen MR) is 227 cm³/mol. The van der Waals surface area contributed by atoms with Crippen LogP contribution in [0, 0.1) is 6.92 Å². The van der Waals surface area contributed by atoms with Gasteiger partial charge in [0.1, 0.15) is 41.0 Å². The van der Waals surface area contributed by atoms with E-state index < -0.39 is 23.0 Å². The Morgan fingerprint density at radius 1 is 0.763 bits per heavy atom. The maximum Gasteiger partial charge on any atom is 0.323 e. The van der Waals surface area contributed by atoms with E-state index in [1.165, 1.54) is 19.4 Å². The molecular formula is C45H54Cl2N2O10. The molecule has 4 aromatic carbocycles. The summed E-state index contributed by atoms with van der Waals surface area (Å²) in [4.78, 5) is 23.8. The molecule has 12 nitrogen and oxygen atoms in total. The molecule has 1 unspecified atom stereocenters. The van der Waals surface area contributed by atoms with E-state index >= 15 is 0 Å². The van der Waals surface area contributed by atoms with E-state index in [0.29, 0.717) is 39.5 Å². The number of nitrogens with one attached hydrogen (secondary N) is 2. The van der Waals surface area contributed by atoms with Gasteiger partial charge in [0.05, 0.1) is 23.3 Å². The van der Waals surface area contributed by atoms with Gasteiger partial charge in [0.25, 0.3) is 0 Å². The number of rotatable bonds is 22. The zero-order valence-electron chi connectivity index (χ0n) is 34.1. The van der Waals surface area contributed by atoms with Crippen molar-refractivity contribution in [3.63, 3.8) is 0 Å². The van der Waals surface area contributed by atoms with Crippen LogP contribution in [0.15, 0.2) is 60.7 Å². The number of fused-ring (bicyclic) bond motifs is 1. The standard InChI is InChI=1S/C45H54Cl2N2O10/c1-6-57-39-22-41(37(47)20-30(39)24-49-45(4,16-18-51)43(54)55)59-38-14-13-34-33(11-8-12-35(34)38)32-10-7-9-28(27(32)2)26-58-40-21-31(25-56-5)29(19-36(40)46)23-48-44(3,15-17-50)42(52)53/h7-12,19-22,38,48-51H,6,13-18,23-26H2,1-5H3,(H,52,53)(H,54,55)/t38-,44?,45-/m0/s1. The Hall–Kier alpha value is -4.40. The van der Waals surface area contributed by atoms with Crippen LogP contribution in [0.4, 0.5) is 0 Å². The maximum absolute atomic E-state index is 11.9. The second kappa shape index (κ2) is 20.2. The van der Waals surface area contributed by atoms with Crippen LogP contribution >= 0.6 is 23.2 Å². The van der Waals surface area contributed by atoms with Crippen molar-refractivity contribution in [3.8, 4) is 28.4 Å². The van der Waals surface area contributed by atoms with E-state index in [1.54, 1.807) is 25.3 Å². The molecule has 0 spiro atoms. The van der Waals surface area contributed by atoms with E-state index in [1.807, 2.05) is 31.2 Å². The van der Waals surface area contributed by atoms with Crippen molar-refractivity contribution in [2.24, 2.45) is 0 Å². The third kappa shape index (κ3) is 10.7. The molecule has 0 saturated carbocycles. The molecule has 318 valence electrons. The maximum atomic E-state index is 11.9. The van der Waals surface area contributed by atoms with Gasteiger partial charge in [-0.15, -0.1) is 0 Å². The predicted octanol–water partition coefficient (Wildman–Crippen LogP) is 7.79. The normalized spacial score (nSPS) is 15.6. The highest BCUT2D eigenvalue weighted by Crippen LogP contribution is 2.44. The topological polar surface area (TPSA) is 176 Å². The second-order valence-electron chi connectivity index (χ2n) is 15.1. The molecule has 1 aliphatic rings. The van der Waals surface area contributed by atoms with Gasteiger partial charge in [0, 0.05) is 45.0 Å². The molecule has 0 amide bonds. The van der Waals surface area contributed by atoms with E-state index in [4.69, 9.17) is 42.1 Å². The van der Waals surface area contributed by atoms with E-state index in [9.17, 15) is 30.0 Å². The van der Waals surface area contributed by atoms with Crippen LogP contribution in [-0.2, 0) is 47.1 Å². The van der Waals surface area contributed by atoms with E-state index in [2.05, 4.69) is 35.8 Å². The zero-order valence-corrected chi connectivity index (χ0v) is 35.6. The number of ether oxygens (including phenoxy) is 4. The number of hydrogen-bond donors (Lipinski definition) is 6. The van der Waals surface area contributed by atoms with E-state index in [-0.39, 0.29) is 58.5 Å². The summed E-state index contributed by atoms with van der Waals surface area (Å²) < 4.78 is 24.3. The molecular weight excluding hydrogens is 799 g/mol. The first kappa shape index (κ1) is 45.7. The number of aliphatic carboxylic acids is 2. The molecule has 4 aromatic rings. The van der Waals surface area contributed by atoms with Crippen LogP contribution in [0.3, 0.4) is 0 Å². The van der Waals surface area contributed by atoms with Crippen molar-refractivity contribution in [1.29, 1.82) is 0 Å². The number of benzene rings is 4. The summed E-state index contributed by atoms with van der Waals surface area (Å²) in [5.74, 6) is -0.662. The lowest BCUT2D eigenvalue weighted by Gasteiger charge is -2.26. The molecule has 5 rings (SSSR count). The third-order valence-electron chi connectivity index (χ3n) is 11.1. The van der Waals surface area contributed by atoms with Gasteiger partial charge in [0.15, 0.2) is 0 Å². The lowest BCUT2D eigenvalue weighted by atomic mass is 9.91. The van der Waals surface area contributed by atoms with Crippen LogP contribution in [0.25, 0.3) is 11.1 Å². The summed E-state index contributed by atoms with van der Waals surface area (Å²) in [6.45, 7) is 7.70. The van der Waals surface area contributed by atoms with Crippen LogP contribution < -0.4 is 24.8 Å². The molecule has 0 radical (unpaired) electrons. The molecule has 3 atom stereocenters. The van der Waals surface area contributed by atoms with Crippen LogP contribution in [0.5, 0.6) is 17.2 Å². The molecule has 0 aliphatic heterocycles. The van der Waals surface area contributed by atoms with Crippen molar-refractivity contribution in [2.45, 2.75) is 96.9 Å². The zero-order chi connectivity index (χ0) is 42.9. The van der Waals surface area contributed by atoms with Gasteiger partial charge < -0.3 is 39.4 Å². The van der Waals surface area contributed by atoms with Gasteiger partial charge in [-0.25, -0.2) is 0 Å². The highest BCUT2D eigenvalue weighted by Gasteiger charge is 2.34. The SMILES string of the molecule is CCOc1cc(O[C@H]2CCc3c(-c4cccc(COc5cc(COC)c(CNC(C)(CCO)C(=O)O)cc5Cl)c4C)cccc32)c(Cl)cc1CN[C@@](C)(CCO)C(=O)O. The van der Waals surface area contributed by atoms with Crippen LogP contribution in [0.1, 0.15) is 85.1 Å². The van der Waals surface area contributed by atoms with Gasteiger partial charge in [-0.3, -0.25) is 20.2 Å². The number of hydrogen-bond acceptors (Lipinski definition) is 10. The summed E-state index contributed by atoms with van der Waals surface area (Å²) >= 11 is 13.5. The minimum Gasteiger partial charge on any atom is -0.493 e. The quantitative estimate of drug-likeness (QED) is 0.0454. The molecule has 0 saturated heterocycles. The van der Waals surface area contributed by atoms with Crippen molar-refractivity contribution in [1.82, 2.24) is 10.6 Å². The minimum atomic E-state index is -1.33. The molecule has 0 bridgehead atoms. The van der Waals surface area contributed by atoms with Gasteiger partial charge in [-0.2, -0.15) is 0 Å². The number of methoxy groups -OCH3 is 1. The molecule has 59 heavy (non-hydrogen) atoms. The van der Waals surface area contributed by atoms with Crippen molar-refractivity contribution in [2.75, 3.05) is 26.9 Å². The number of carboxylic acid groups (broad SMARTS) is 2. The largest absolute Gasteiger partial charge is 0.493 e. The highest BCUT2D eigenvalue weighted by molar-refractivity contribution is 6.32. The first-order valence-corrected chi connectivity index (χ1v) is 20.4. The van der Waals surface area contributed by atoms with Crippen molar-refractivity contribution >= 4 is 35.1 Å². The Labute approximate surface area is 355 Å². The Morgan fingerprint density at radius 3 is 2.00 bits per heavy atom. The van der Waals surface area contributed by atoms with Crippen molar-refractivity contribution < 1.29 is 49.0 Å². The molecule has 6 N–H and O–H groups in total. The smallest absolute Gasteiger partial charge is 0.323 e. The number of carboxylic acids is 2. The Balaban J connectivity index is 1.34. The monoisotopic (exact) mass is 852 g/mol. The van der Waals surface area contributed by atoms with E-state index in [0.717, 1.165) is 51.8 Å². The summed E-state index contributed by atoms with van der Waals surface area (Å²) in [7, 11) is 1.58. The first-order chi connectivity index (χ1) is 28.2. The molecule has 0 fully saturated rings. The summed E-state index contributed by atoms with van der Waals surface area (Å²) in [5, 5.41) is 45.2. The lowest BCUT2D eigenvalue weighted by Crippen LogP contribution is -2.49. The Kier molecular flexibility index (Phi) is 15.7. The fourth-order valence-electron chi connectivity index (χ4n) is 7.30. The average Bonchev–Trinajstić information content (AvgIpc) is 3.61. The first-order valence-electron chi connectivity index (χ1n) is 19.6. The van der Waals surface area contributed by atoms with Gasteiger partial charge in [-0.1, -0.05) is 59.6 Å². The fraction of sp³-hybridized carbons (Fsp3) is 0.422. The summed E-state index contributed by atoms with van der Waals surface area (Å²) in [6.07, 6.45) is 1.34.